The van der Waals surface area contributed by atoms with Crippen LogP contribution in [0, 0.1) is 0 Å². The van der Waals surface area contributed by atoms with E-state index < -0.39 is 18.6 Å². The first-order valence-corrected chi connectivity index (χ1v) is 12.4. The van der Waals surface area contributed by atoms with Crippen LogP contribution in [0.2, 0.25) is 0 Å². The summed E-state index contributed by atoms with van der Waals surface area (Å²) in [6.07, 6.45) is 10.3. The molecule has 2 unspecified atom stereocenters. The number of halogens is 3. The lowest BCUT2D eigenvalue weighted by Gasteiger charge is -2.30. The average Bonchev–Trinajstić information content (AvgIpc) is 3.41. The Morgan fingerprint density at radius 3 is 1.92 bits per heavy atom. The molecule has 0 amide bonds. The number of rotatable bonds is 8. The van der Waals surface area contributed by atoms with Gasteiger partial charge >= 0.3 is 6.36 Å². The van der Waals surface area contributed by atoms with E-state index in [-0.39, 0.29) is 5.75 Å². The molecule has 12 heteroatoms. The predicted molar refractivity (Wildman–Crippen MR) is 147 cm³/mol. The second-order valence-corrected chi connectivity index (χ2v) is 9.15. The standard InChI is InChI=1S/C27H19F3N4O3S2/c28-27(29,30)35-21-15-13-19(14-16-21)33-17-31-26(32-33)18-9-11-20(12-10-18)34(36-22-5-1-3-7-24(22)38)37-23-6-2-4-8-25(23)39/h1-17,22-23H. The van der Waals surface area contributed by atoms with E-state index in [0.29, 0.717) is 32.5 Å². The zero-order chi connectivity index (χ0) is 27.4. The summed E-state index contributed by atoms with van der Waals surface area (Å²) in [6, 6.07) is 12.4. The zero-order valence-corrected chi connectivity index (χ0v) is 21.6. The van der Waals surface area contributed by atoms with Crippen LogP contribution in [0.5, 0.6) is 5.75 Å². The van der Waals surface area contributed by atoms with Crippen LogP contribution in [0.25, 0.3) is 17.1 Å². The van der Waals surface area contributed by atoms with E-state index in [4.69, 9.17) is 34.1 Å². The molecule has 2 aliphatic carbocycles. The maximum absolute atomic E-state index is 12.4. The number of anilines is 1. The largest absolute Gasteiger partial charge is 0.573 e. The summed E-state index contributed by atoms with van der Waals surface area (Å²) >= 11 is 10.8. The van der Waals surface area contributed by atoms with Crippen LogP contribution in [-0.2, 0) is 9.68 Å². The number of hydrogen-bond donors (Lipinski definition) is 0. The number of thiocarbonyl (C=S) groups is 2. The average molecular weight is 569 g/mol. The van der Waals surface area contributed by atoms with Crippen LogP contribution >= 0.6 is 24.4 Å². The predicted octanol–water partition coefficient (Wildman–Crippen LogP) is 6.23. The van der Waals surface area contributed by atoms with E-state index in [1.807, 2.05) is 36.5 Å². The summed E-state index contributed by atoms with van der Waals surface area (Å²) in [6.45, 7) is 0. The molecule has 0 saturated carbocycles. The third kappa shape index (κ3) is 6.73. The molecule has 1 aromatic heterocycles. The monoisotopic (exact) mass is 568 g/mol. The van der Waals surface area contributed by atoms with E-state index >= 15 is 0 Å². The van der Waals surface area contributed by atoms with Gasteiger partial charge < -0.3 is 4.74 Å². The number of benzene rings is 2. The first-order chi connectivity index (χ1) is 18.7. The molecular weight excluding hydrogens is 549 g/mol. The summed E-state index contributed by atoms with van der Waals surface area (Å²) in [4.78, 5) is 17.7. The van der Waals surface area contributed by atoms with Gasteiger partial charge in [-0.2, -0.15) is 0 Å². The lowest BCUT2D eigenvalue weighted by Crippen LogP contribution is -2.38. The molecule has 3 aromatic rings. The van der Waals surface area contributed by atoms with Gasteiger partial charge in [-0.25, -0.2) is 19.3 Å². The van der Waals surface area contributed by atoms with Gasteiger partial charge in [0.1, 0.15) is 24.3 Å². The molecule has 7 nitrogen and oxygen atoms in total. The van der Waals surface area contributed by atoms with E-state index in [1.54, 1.807) is 36.4 Å². The molecule has 0 bridgehead atoms. The Balaban J connectivity index is 1.33. The summed E-state index contributed by atoms with van der Waals surface area (Å²) < 4.78 is 42.6. The molecule has 2 aliphatic rings. The van der Waals surface area contributed by atoms with Gasteiger partial charge in [-0.05, 0) is 72.8 Å². The number of alkyl halides is 3. The number of hydrogen-bond acceptors (Lipinski definition) is 8. The molecule has 0 N–H and O–H groups in total. The van der Waals surface area contributed by atoms with E-state index in [9.17, 15) is 13.2 Å². The Labute approximate surface area is 232 Å². The van der Waals surface area contributed by atoms with Crippen molar-refractivity contribution in [2.24, 2.45) is 0 Å². The second-order valence-electron chi connectivity index (χ2n) is 8.20. The van der Waals surface area contributed by atoms with Gasteiger partial charge in [0.15, 0.2) is 5.82 Å². The number of allylic oxidation sites excluding steroid dienone is 4. The highest BCUT2D eigenvalue weighted by Gasteiger charge is 2.31. The van der Waals surface area contributed by atoms with Gasteiger partial charge in [0, 0.05) is 5.56 Å². The highest BCUT2D eigenvalue weighted by Crippen LogP contribution is 2.26. The van der Waals surface area contributed by atoms with Crippen molar-refractivity contribution in [3.05, 3.63) is 103 Å². The smallest absolute Gasteiger partial charge is 0.406 e. The molecule has 0 aliphatic heterocycles. The van der Waals surface area contributed by atoms with Gasteiger partial charge in [0.2, 0.25) is 0 Å². The minimum absolute atomic E-state index is 0.322. The van der Waals surface area contributed by atoms with Crippen LogP contribution in [0.4, 0.5) is 18.9 Å². The summed E-state index contributed by atoms with van der Waals surface area (Å²) in [5.41, 5.74) is 1.79. The number of aromatic nitrogens is 3. The molecule has 0 fully saturated rings. The van der Waals surface area contributed by atoms with Crippen LogP contribution in [0.15, 0.2) is 103 Å². The van der Waals surface area contributed by atoms with Crippen molar-refractivity contribution >= 4 is 39.9 Å². The summed E-state index contributed by atoms with van der Waals surface area (Å²) in [5.74, 6) is 0.0887. The Kier molecular flexibility index (Phi) is 7.79. The van der Waals surface area contributed by atoms with Crippen LogP contribution in [0.3, 0.4) is 0 Å². The Morgan fingerprint density at radius 2 is 1.38 bits per heavy atom. The normalized spacial score (nSPS) is 18.5. The topological polar surface area (TPSA) is 61.6 Å². The van der Waals surface area contributed by atoms with Gasteiger partial charge in [-0.3, -0.25) is 0 Å². The third-order valence-corrected chi connectivity index (χ3v) is 6.19. The minimum atomic E-state index is -4.76. The number of ether oxygens (including phenoxy) is 1. The number of nitrogens with zero attached hydrogens (tertiary/aromatic N) is 4. The zero-order valence-electron chi connectivity index (χ0n) is 19.9. The van der Waals surface area contributed by atoms with Gasteiger partial charge in [0.25, 0.3) is 0 Å². The maximum Gasteiger partial charge on any atom is 0.573 e. The molecule has 0 spiro atoms. The van der Waals surface area contributed by atoms with Crippen molar-refractivity contribution in [1.29, 1.82) is 0 Å². The highest BCUT2D eigenvalue weighted by molar-refractivity contribution is 7.81. The third-order valence-electron chi connectivity index (χ3n) is 5.46. The Morgan fingerprint density at radius 1 is 0.795 bits per heavy atom. The molecule has 198 valence electrons. The van der Waals surface area contributed by atoms with Crippen molar-refractivity contribution in [1.82, 2.24) is 14.8 Å². The van der Waals surface area contributed by atoms with Crippen molar-refractivity contribution < 1.29 is 27.6 Å². The van der Waals surface area contributed by atoms with Crippen LogP contribution in [-0.4, -0.2) is 43.1 Å². The Bertz CT molecular complexity index is 1440. The lowest BCUT2D eigenvalue weighted by molar-refractivity contribution is -0.274. The van der Waals surface area contributed by atoms with Gasteiger partial charge in [-0.15, -0.1) is 23.5 Å². The fraction of sp³-hybridized carbons (Fsp3) is 0.111. The molecule has 2 aromatic carbocycles. The first-order valence-electron chi connectivity index (χ1n) is 11.5. The maximum atomic E-state index is 12.4. The summed E-state index contributed by atoms with van der Waals surface area (Å²) in [5, 5.41) is 5.73. The summed E-state index contributed by atoms with van der Waals surface area (Å²) in [7, 11) is 0. The van der Waals surface area contributed by atoms with Gasteiger partial charge in [0.05, 0.1) is 21.1 Å². The van der Waals surface area contributed by atoms with Crippen LogP contribution in [0.1, 0.15) is 0 Å². The fourth-order valence-corrected chi connectivity index (χ4v) is 3.99. The molecule has 0 radical (unpaired) electrons. The van der Waals surface area contributed by atoms with Crippen molar-refractivity contribution in [2.75, 3.05) is 5.23 Å². The van der Waals surface area contributed by atoms with Crippen molar-refractivity contribution in [3.63, 3.8) is 0 Å². The molecule has 1 heterocycles. The van der Waals surface area contributed by atoms with Crippen molar-refractivity contribution in [3.8, 4) is 22.8 Å². The first kappa shape index (κ1) is 26.6. The van der Waals surface area contributed by atoms with Crippen LogP contribution < -0.4 is 9.96 Å². The van der Waals surface area contributed by atoms with E-state index in [2.05, 4.69) is 14.8 Å². The highest BCUT2D eigenvalue weighted by atomic mass is 32.1. The molecule has 2 atom stereocenters. The lowest BCUT2D eigenvalue weighted by atomic mass is 10.1. The molecule has 5 rings (SSSR count). The fourth-order valence-electron chi connectivity index (χ4n) is 3.59. The second kappa shape index (κ2) is 11.4. The van der Waals surface area contributed by atoms with Gasteiger partial charge in [-0.1, -0.05) is 48.7 Å². The molecular formula is C27H19F3N4O3S2. The molecule has 0 saturated heterocycles. The quantitative estimate of drug-likeness (QED) is 0.234. The van der Waals surface area contributed by atoms with Crippen molar-refractivity contribution in [2.45, 2.75) is 18.6 Å². The van der Waals surface area contributed by atoms with E-state index in [0.717, 1.165) is 0 Å². The molecule has 39 heavy (non-hydrogen) atoms. The Hall–Kier alpha value is -3.97. The SMILES string of the molecule is FC(F)(F)Oc1ccc(-n2cnc(-c3ccc(N(OC4C=CC=CC4=S)OC4C=CC=CC4=S)cc3)n2)cc1. The minimum Gasteiger partial charge on any atom is -0.406 e. The van der Waals surface area contributed by atoms with E-state index in [1.165, 1.54) is 40.5 Å².